The SMILES string of the molecule is CCCCS(=O)(=O)N1CCc2nccc(N)c2C1. The van der Waals surface area contributed by atoms with E-state index in [0.29, 0.717) is 31.6 Å². The molecule has 0 bridgehead atoms. The van der Waals surface area contributed by atoms with Crippen LogP contribution in [0.5, 0.6) is 0 Å². The van der Waals surface area contributed by atoms with Crippen molar-refractivity contribution in [3.63, 3.8) is 0 Å². The number of nitrogen functional groups attached to an aromatic ring is 1. The third-order valence-corrected chi connectivity index (χ3v) is 5.17. The van der Waals surface area contributed by atoms with E-state index in [4.69, 9.17) is 5.73 Å². The van der Waals surface area contributed by atoms with Crippen LogP contribution in [0.2, 0.25) is 0 Å². The van der Waals surface area contributed by atoms with Gasteiger partial charge in [-0.15, -0.1) is 0 Å². The molecule has 6 heteroatoms. The van der Waals surface area contributed by atoms with E-state index in [0.717, 1.165) is 17.7 Å². The van der Waals surface area contributed by atoms with Gasteiger partial charge in [-0.2, -0.15) is 4.31 Å². The van der Waals surface area contributed by atoms with Gasteiger partial charge in [0.05, 0.1) is 5.75 Å². The van der Waals surface area contributed by atoms with Gasteiger partial charge in [-0.25, -0.2) is 8.42 Å². The van der Waals surface area contributed by atoms with Gasteiger partial charge in [0.25, 0.3) is 0 Å². The Morgan fingerprint density at radius 2 is 2.28 bits per heavy atom. The Morgan fingerprint density at radius 1 is 1.50 bits per heavy atom. The van der Waals surface area contributed by atoms with Crippen LogP contribution in [-0.4, -0.2) is 30.0 Å². The highest BCUT2D eigenvalue weighted by molar-refractivity contribution is 7.89. The third-order valence-electron chi connectivity index (χ3n) is 3.26. The first-order valence-corrected chi connectivity index (χ1v) is 7.85. The molecule has 5 nitrogen and oxygen atoms in total. The Balaban J connectivity index is 2.19. The van der Waals surface area contributed by atoms with Crippen molar-refractivity contribution in [1.29, 1.82) is 0 Å². The van der Waals surface area contributed by atoms with Crippen molar-refractivity contribution >= 4 is 15.7 Å². The minimum Gasteiger partial charge on any atom is -0.398 e. The number of sulfonamides is 1. The molecule has 100 valence electrons. The molecule has 2 rings (SSSR count). The maximum absolute atomic E-state index is 12.1. The Kier molecular flexibility index (Phi) is 3.87. The first-order chi connectivity index (χ1) is 8.54. The lowest BCUT2D eigenvalue weighted by Gasteiger charge is -2.28. The molecule has 0 aromatic carbocycles. The lowest BCUT2D eigenvalue weighted by atomic mass is 10.1. The van der Waals surface area contributed by atoms with Crippen molar-refractivity contribution in [1.82, 2.24) is 9.29 Å². The van der Waals surface area contributed by atoms with E-state index in [1.54, 1.807) is 12.3 Å². The molecule has 0 radical (unpaired) electrons. The summed E-state index contributed by atoms with van der Waals surface area (Å²) in [6.45, 7) is 2.86. The van der Waals surface area contributed by atoms with Gasteiger partial charge in [0.15, 0.2) is 0 Å². The van der Waals surface area contributed by atoms with E-state index in [9.17, 15) is 8.42 Å². The zero-order valence-corrected chi connectivity index (χ0v) is 11.4. The molecule has 1 aliphatic rings. The number of fused-ring (bicyclic) bond motifs is 1. The quantitative estimate of drug-likeness (QED) is 0.889. The van der Waals surface area contributed by atoms with E-state index in [1.807, 2.05) is 6.92 Å². The van der Waals surface area contributed by atoms with Crippen LogP contribution in [0, 0.1) is 0 Å². The third kappa shape index (κ3) is 2.64. The second-order valence-corrected chi connectivity index (χ2v) is 6.67. The highest BCUT2D eigenvalue weighted by atomic mass is 32.2. The number of rotatable bonds is 4. The second kappa shape index (κ2) is 5.24. The lowest BCUT2D eigenvalue weighted by Crippen LogP contribution is -2.38. The van der Waals surface area contributed by atoms with Crippen LogP contribution in [0.15, 0.2) is 12.3 Å². The molecule has 1 aromatic heterocycles. The summed E-state index contributed by atoms with van der Waals surface area (Å²) in [7, 11) is -3.15. The summed E-state index contributed by atoms with van der Waals surface area (Å²) in [6.07, 6.45) is 3.91. The predicted molar refractivity (Wildman–Crippen MR) is 71.5 cm³/mol. The molecule has 0 aliphatic carbocycles. The van der Waals surface area contributed by atoms with Crippen LogP contribution in [0.25, 0.3) is 0 Å². The average molecular weight is 269 g/mol. The summed E-state index contributed by atoms with van der Waals surface area (Å²) in [5.74, 6) is 0.221. The molecule has 0 amide bonds. The highest BCUT2D eigenvalue weighted by Gasteiger charge is 2.27. The fraction of sp³-hybridized carbons (Fsp3) is 0.583. The fourth-order valence-electron chi connectivity index (χ4n) is 2.13. The molecular weight excluding hydrogens is 250 g/mol. The van der Waals surface area contributed by atoms with Gasteiger partial charge in [0.1, 0.15) is 0 Å². The van der Waals surface area contributed by atoms with E-state index < -0.39 is 10.0 Å². The number of unbranched alkanes of at least 4 members (excludes halogenated alkanes) is 1. The molecule has 0 saturated heterocycles. The highest BCUT2D eigenvalue weighted by Crippen LogP contribution is 2.24. The van der Waals surface area contributed by atoms with Gasteiger partial charge in [0, 0.05) is 42.7 Å². The Labute approximate surface area is 108 Å². The van der Waals surface area contributed by atoms with Crippen LogP contribution >= 0.6 is 0 Å². The van der Waals surface area contributed by atoms with Gasteiger partial charge >= 0.3 is 0 Å². The molecule has 18 heavy (non-hydrogen) atoms. The van der Waals surface area contributed by atoms with Gasteiger partial charge in [-0.1, -0.05) is 13.3 Å². The molecule has 0 atom stereocenters. The van der Waals surface area contributed by atoms with Crippen LogP contribution in [-0.2, 0) is 23.0 Å². The monoisotopic (exact) mass is 269 g/mol. The minimum absolute atomic E-state index is 0.221. The topological polar surface area (TPSA) is 76.3 Å². The first-order valence-electron chi connectivity index (χ1n) is 6.24. The van der Waals surface area contributed by atoms with Crippen molar-refractivity contribution in [2.75, 3.05) is 18.0 Å². The number of nitrogens with zero attached hydrogens (tertiary/aromatic N) is 2. The maximum atomic E-state index is 12.1. The van der Waals surface area contributed by atoms with Crippen molar-refractivity contribution in [2.45, 2.75) is 32.7 Å². The van der Waals surface area contributed by atoms with Gasteiger partial charge in [-0.05, 0) is 12.5 Å². The molecule has 2 N–H and O–H groups in total. The summed E-state index contributed by atoms with van der Waals surface area (Å²) in [5, 5.41) is 0. The zero-order chi connectivity index (χ0) is 13.2. The van der Waals surface area contributed by atoms with Gasteiger partial charge < -0.3 is 5.73 Å². The van der Waals surface area contributed by atoms with Crippen LogP contribution < -0.4 is 5.73 Å². The van der Waals surface area contributed by atoms with Crippen LogP contribution in [0.4, 0.5) is 5.69 Å². The lowest BCUT2D eigenvalue weighted by molar-refractivity contribution is 0.388. The van der Waals surface area contributed by atoms with Crippen molar-refractivity contribution in [3.05, 3.63) is 23.5 Å². The average Bonchev–Trinajstić information content (AvgIpc) is 2.36. The summed E-state index contributed by atoms with van der Waals surface area (Å²) in [4.78, 5) is 4.26. The Morgan fingerprint density at radius 3 is 3.00 bits per heavy atom. The minimum atomic E-state index is -3.15. The number of anilines is 1. The van der Waals surface area contributed by atoms with Gasteiger partial charge in [0.2, 0.25) is 10.0 Å². The normalized spacial score (nSPS) is 16.5. The smallest absolute Gasteiger partial charge is 0.214 e. The predicted octanol–water partition coefficient (Wildman–Crippen LogP) is 1.15. The van der Waals surface area contributed by atoms with E-state index in [2.05, 4.69) is 4.98 Å². The summed E-state index contributed by atoms with van der Waals surface area (Å²) in [5.41, 5.74) is 8.31. The van der Waals surface area contributed by atoms with E-state index in [-0.39, 0.29) is 5.75 Å². The molecule has 1 aromatic rings. The molecular formula is C12H19N3O2S. The Bertz CT molecular complexity index is 528. The van der Waals surface area contributed by atoms with Crippen molar-refractivity contribution in [3.8, 4) is 0 Å². The molecule has 2 heterocycles. The van der Waals surface area contributed by atoms with Crippen molar-refractivity contribution in [2.24, 2.45) is 0 Å². The number of aromatic nitrogens is 1. The van der Waals surface area contributed by atoms with Crippen molar-refractivity contribution < 1.29 is 8.42 Å². The van der Waals surface area contributed by atoms with E-state index in [1.165, 1.54) is 4.31 Å². The van der Waals surface area contributed by atoms with E-state index >= 15 is 0 Å². The second-order valence-electron chi connectivity index (χ2n) is 4.58. The fourth-order valence-corrected chi connectivity index (χ4v) is 3.74. The largest absolute Gasteiger partial charge is 0.398 e. The summed E-state index contributed by atoms with van der Waals surface area (Å²) < 4.78 is 25.8. The first kappa shape index (κ1) is 13.3. The Hall–Kier alpha value is -1.14. The van der Waals surface area contributed by atoms with Crippen LogP contribution in [0.3, 0.4) is 0 Å². The molecule has 0 saturated carbocycles. The maximum Gasteiger partial charge on any atom is 0.214 e. The summed E-state index contributed by atoms with van der Waals surface area (Å²) >= 11 is 0. The number of nitrogens with two attached hydrogens (primary N) is 1. The number of pyridine rings is 1. The zero-order valence-electron chi connectivity index (χ0n) is 10.6. The molecule has 0 spiro atoms. The molecule has 0 fully saturated rings. The number of hydrogen-bond acceptors (Lipinski definition) is 4. The van der Waals surface area contributed by atoms with Gasteiger partial charge in [-0.3, -0.25) is 4.98 Å². The standard InChI is InChI=1S/C12H19N3O2S/c1-2-3-8-18(16,17)15-7-5-12-10(9-15)11(13)4-6-14-12/h4,6H,2-3,5,7-9H2,1H3,(H2,13,14). The number of hydrogen-bond donors (Lipinski definition) is 1. The molecule has 1 aliphatic heterocycles. The summed E-state index contributed by atoms with van der Waals surface area (Å²) in [6, 6.07) is 1.72. The van der Waals surface area contributed by atoms with Crippen LogP contribution in [0.1, 0.15) is 31.0 Å². The molecule has 0 unspecified atom stereocenters.